The van der Waals surface area contributed by atoms with E-state index in [1.807, 2.05) is 0 Å². The second kappa shape index (κ2) is 6.86. The molecule has 0 unspecified atom stereocenters. The van der Waals surface area contributed by atoms with Crippen molar-refractivity contribution in [1.29, 1.82) is 0 Å². The number of hydrogen-bond acceptors (Lipinski definition) is 6. The van der Waals surface area contributed by atoms with Crippen molar-refractivity contribution in [3.8, 4) is 11.4 Å². The van der Waals surface area contributed by atoms with E-state index in [2.05, 4.69) is 20.6 Å². The van der Waals surface area contributed by atoms with E-state index in [1.165, 1.54) is 42.3 Å². The molecule has 4 N–H and O–H groups in total. The molecule has 1 amide bonds. The van der Waals surface area contributed by atoms with Crippen LogP contribution < -0.4 is 16.4 Å². The molecule has 0 radical (unpaired) electrons. The van der Waals surface area contributed by atoms with Crippen molar-refractivity contribution in [2.75, 3.05) is 18.1 Å². The lowest BCUT2D eigenvalue weighted by Crippen LogP contribution is -2.22. The van der Waals surface area contributed by atoms with Gasteiger partial charge in [0.1, 0.15) is 29.2 Å². The number of nitrogens with one attached hydrogen (secondary N) is 2. The molecule has 3 aromatic heterocycles. The summed E-state index contributed by atoms with van der Waals surface area (Å²) in [6, 6.07) is 5.62. The summed E-state index contributed by atoms with van der Waals surface area (Å²) in [7, 11) is 1.52. The van der Waals surface area contributed by atoms with Crippen molar-refractivity contribution in [1.82, 2.24) is 19.9 Å². The van der Waals surface area contributed by atoms with E-state index in [4.69, 9.17) is 21.8 Å². The summed E-state index contributed by atoms with van der Waals surface area (Å²) < 4.78 is 20.4. The summed E-state index contributed by atoms with van der Waals surface area (Å²) in [6.07, 6.45) is 4.49. The lowest BCUT2D eigenvalue weighted by molar-refractivity contribution is 0.244. The Morgan fingerprint density at radius 1 is 1.32 bits per heavy atom. The molecule has 0 aliphatic heterocycles. The van der Waals surface area contributed by atoms with Crippen LogP contribution in [-0.2, 0) is 0 Å². The number of benzene rings is 1. The van der Waals surface area contributed by atoms with Crippen LogP contribution in [0, 0.1) is 5.82 Å². The minimum Gasteiger partial charge on any atom is -0.436 e. The number of hydrogen-bond donors (Lipinski definition) is 3. The summed E-state index contributed by atoms with van der Waals surface area (Å²) in [5.41, 5.74) is 8.35. The van der Waals surface area contributed by atoms with E-state index >= 15 is 0 Å². The van der Waals surface area contributed by atoms with Crippen molar-refractivity contribution < 1.29 is 13.6 Å². The molecule has 8 nitrogen and oxygen atoms in total. The van der Waals surface area contributed by atoms with Gasteiger partial charge in [-0.1, -0.05) is 11.6 Å². The van der Waals surface area contributed by atoms with Gasteiger partial charge in [0, 0.05) is 25.1 Å². The number of fused-ring (bicyclic) bond motifs is 1. The third kappa shape index (κ3) is 3.01. The maximum atomic E-state index is 13.4. The van der Waals surface area contributed by atoms with Crippen molar-refractivity contribution in [3.63, 3.8) is 0 Å². The molecule has 0 aliphatic rings. The van der Waals surface area contributed by atoms with Crippen LogP contribution in [0.1, 0.15) is 0 Å². The number of imidazole rings is 1. The summed E-state index contributed by atoms with van der Waals surface area (Å²) in [4.78, 5) is 20.3. The van der Waals surface area contributed by atoms with Crippen LogP contribution in [0.2, 0.25) is 5.02 Å². The molecule has 10 heteroatoms. The van der Waals surface area contributed by atoms with Gasteiger partial charge in [0.15, 0.2) is 5.58 Å². The topological polar surface area (TPSA) is 111 Å². The molecule has 3 heterocycles. The van der Waals surface area contributed by atoms with Gasteiger partial charge >= 0.3 is 6.03 Å². The molecule has 0 saturated carbocycles. The van der Waals surface area contributed by atoms with E-state index in [0.717, 1.165) is 0 Å². The number of carbonyl (C=O) groups excluding carboxylic acids is 1. The number of halogens is 2. The van der Waals surface area contributed by atoms with Crippen LogP contribution in [0.5, 0.6) is 0 Å². The number of anilines is 3. The van der Waals surface area contributed by atoms with E-state index in [-0.39, 0.29) is 16.9 Å². The summed E-state index contributed by atoms with van der Waals surface area (Å²) >= 11 is 5.83. The Kier molecular flexibility index (Phi) is 4.36. The highest BCUT2D eigenvalue weighted by Crippen LogP contribution is 2.39. The van der Waals surface area contributed by atoms with Crippen molar-refractivity contribution in [2.45, 2.75) is 0 Å². The van der Waals surface area contributed by atoms with Crippen LogP contribution in [0.25, 0.3) is 22.4 Å². The van der Waals surface area contributed by atoms with Crippen molar-refractivity contribution >= 4 is 45.9 Å². The number of aromatic nitrogens is 3. The van der Waals surface area contributed by atoms with Gasteiger partial charge in [0.25, 0.3) is 0 Å². The first-order chi connectivity index (χ1) is 13.5. The molecule has 28 heavy (non-hydrogen) atoms. The molecule has 4 rings (SSSR count). The zero-order chi connectivity index (χ0) is 19.8. The zero-order valence-corrected chi connectivity index (χ0v) is 15.3. The minimum absolute atomic E-state index is 0.0153. The van der Waals surface area contributed by atoms with Gasteiger partial charge in [0.2, 0.25) is 5.88 Å². The Morgan fingerprint density at radius 2 is 2.14 bits per heavy atom. The van der Waals surface area contributed by atoms with E-state index in [0.29, 0.717) is 33.7 Å². The average Bonchev–Trinajstić information content (AvgIpc) is 3.29. The minimum atomic E-state index is -0.518. The fourth-order valence-electron chi connectivity index (χ4n) is 2.76. The summed E-state index contributed by atoms with van der Waals surface area (Å²) in [6.45, 7) is 0. The number of carbonyl (C=O) groups is 1. The highest BCUT2D eigenvalue weighted by molar-refractivity contribution is 6.31. The van der Waals surface area contributed by atoms with Gasteiger partial charge < -0.3 is 20.8 Å². The van der Waals surface area contributed by atoms with Crippen molar-refractivity contribution in [2.24, 2.45) is 0 Å². The normalized spacial score (nSPS) is 11.0. The van der Waals surface area contributed by atoms with Crippen LogP contribution >= 0.6 is 11.6 Å². The molecular weight excluding hydrogens is 387 g/mol. The van der Waals surface area contributed by atoms with E-state index in [9.17, 15) is 9.18 Å². The number of furan rings is 1. The molecule has 142 valence electrons. The quantitative estimate of drug-likeness (QED) is 0.479. The van der Waals surface area contributed by atoms with Gasteiger partial charge in [-0.15, -0.1) is 0 Å². The molecule has 0 aliphatic carbocycles. The molecule has 0 spiro atoms. The third-order valence-electron chi connectivity index (χ3n) is 4.09. The van der Waals surface area contributed by atoms with Gasteiger partial charge in [-0.2, -0.15) is 0 Å². The lowest BCUT2D eigenvalue weighted by atomic mass is 10.2. The predicted molar refractivity (Wildman–Crippen MR) is 104 cm³/mol. The monoisotopic (exact) mass is 400 g/mol. The number of nitrogens with zero attached hydrogens (tertiary/aromatic N) is 3. The second-order valence-electron chi connectivity index (χ2n) is 5.85. The number of nitrogen functional groups attached to an aromatic ring is 1. The van der Waals surface area contributed by atoms with Gasteiger partial charge in [0.05, 0.1) is 10.4 Å². The molecular formula is C18H14ClFN6O2. The third-order valence-corrected chi connectivity index (χ3v) is 4.38. The molecule has 1 aromatic carbocycles. The number of rotatable bonds is 3. The molecule has 4 aromatic rings. The van der Waals surface area contributed by atoms with Crippen molar-refractivity contribution in [3.05, 3.63) is 53.8 Å². The number of pyridine rings is 1. The lowest BCUT2D eigenvalue weighted by Gasteiger charge is -2.06. The van der Waals surface area contributed by atoms with Gasteiger partial charge in [-0.25, -0.2) is 14.2 Å². The van der Waals surface area contributed by atoms with Gasteiger partial charge in [-0.3, -0.25) is 9.55 Å². The van der Waals surface area contributed by atoms with Crippen LogP contribution in [0.15, 0.2) is 47.4 Å². The highest BCUT2D eigenvalue weighted by Gasteiger charge is 2.19. The van der Waals surface area contributed by atoms with Crippen LogP contribution in [0.3, 0.4) is 0 Å². The van der Waals surface area contributed by atoms with E-state index < -0.39 is 5.82 Å². The Hall–Kier alpha value is -3.59. The Balaban J connectivity index is 1.77. The summed E-state index contributed by atoms with van der Waals surface area (Å²) in [5.74, 6) is -0.397. The highest BCUT2D eigenvalue weighted by atomic mass is 35.5. The summed E-state index contributed by atoms with van der Waals surface area (Å²) in [5, 5.41) is 6.23. The maximum absolute atomic E-state index is 13.4. The Morgan fingerprint density at radius 3 is 2.89 bits per heavy atom. The molecule has 0 saturated heterocycles. The second-order valence-corrected chi connectivity index (χ2v) is 6.26. The predicted octanol–water partition coefficient (Wildman–Crippen LogP) is 4.00. The molecule has 0 bridgehead atoms. The Bertz CT molecular complexity index is 1200. The smallest absolute Gasteiger partial charge is 0.326 e. The fourth-order valence-corrected chi connectivity index (χ4v) is 2.94. The number of nitrogens with two attached hydrogens (primary N) is 1. The maximum Gasteiger partial charge on any atom is 0.326 e. The number of amides is 1. The van der Waals surface area contributed by atoms with Gasteiger partial charge in [-0.05, 0) is 24.3 Å². The standard InChI is InChI=1S/C18H14ClFN6O2/c1-22-18(27)26-7-13(24-8-26)15-16-10(4-5-23-15)14(17(21)28-16)25-9-2-3-12(20)11(19)6-9/h2-8,25H,21H2,1H3,(H,22,27). The van der Waals surface area contributed by atoms with Crippen LogP contribution in [0.4, 0.5) is 26.4 Å². The first kappa shape index (κ1) is 17.8. The van der Waals surface area contributed by atoms with Crippen LogP contribution in [-0.4, -0.2) is 27.6 Å². The fraction of sp³-hybridized carbons (Fsp3) is 0.0556. The zero-order valence-electron chi connectivity index (χ0n) is 14.5. The SMILES string of the molecule is CNC(=O)n1cnc(-c2nccc3c(Nc4ccc(F)c(Cl)c4)c(N)oc23)c1. The molecule has 0 atom stereocenters. The average molecular weight is 401 g/mol. The van der Waals surface area contributed by atoms with E-state index in [1.54, 1.807) is 12.3 Å². The Labute approximate surface area is 163 Å². The first-order valence-electron chi connectivity index (χ1n) is 8.13. The largest absolute Gasteiger partial charge is 0.436 e. The molecule has 0 fully saturated rings. The first-order valence-corrected chi connectivity index (χ1v) is 8.51.